The summed E-state index contributed by atoms with van der Waals surface area (Å²) >= 11 is 0. The van der Waals surface area contributed by atoms with Crippen molar-refractivity contribution in [1.82, 2.24) is 0 Å². The fourth-order valence-corrected chi connectivity index (χ4v) is 1.19. The van der Waals surface area contributed by atoms with E-state index in [-0.39, 0.29) is 41.1 Å². The van der Waals surface area contributed by atoms with Crippen molar-refractivity contribution < 1.29 is 26.2 Å². The summed E-state index contributed by atoms with van der Waals surface area (Å²) in [4.78, 5) is 0. The maximum atomic E-state index is 2.20. The zero-order valence-corrected chi connectivity index (χ0v) is 13.1. The Hall–Kier alpha value is -0.417. The fourth-order valence-electron chi connectivity index (χ4n) is 1.19. The Kier molecular flexibility index (Phi) is 19.1. The molecule has 0 radical (unpaired) electrons. The van der Waals surface area contributed by atoms with E-state index in [0.717, 1.165) is 0 Å². The first-order valence-corrected chi connectivity index (χ1v) is 4.80. The molecule has 16 heavy (non-hydrogen) atoms. The van der Waals surface area contributed by atoms with Crippen LogP contribution in [0.2, 0.25) is 0 Å². The molecule has 1 heteroatoms. The van der Waals surface area contributed by atoms with Gasteiger partial charge in [0.05, 0.1) is 0 Å². The third-order valence-corrected chi connectivity index (χ3v) is 1.83. The predicted octanol–water partition coefficient (Wildman–Crippen LogP) is 4.66. The van der Waals surface area contributed by atoms with E-state index in [1.165, 1.54) is 18.4 Å². The maximum Gasteiger partial charge on any atom is 4.00 e. The van der Waals surface area contributed by atoms with Gasteiger partial charge in [0.1, 0.15) is 0 Å². The summed E-state index contributed by atoms with van der Waals surface area (Å²) in [5.41, 5.74) is 1.47. The number of hydrogen-bond acceptors (Lipinski definition) is 0. The summed E-state index contributed by atoms with van der Waals surface area (Å²) in [6, 6.07) is 18.5. The number of aryl methyl sites for hydroxylation is 1. The molecule has 0 spiro atoms. The molecule has 2 rings (SSSR count). The summed E-state index contributed by atoms with van der Waals surface area (Å²) in [6.07, 6.45) is 2.48. The van der Waals surface area contributed by atoms with Crippen LogP contribution in [0.4, 0.5) is 0 Å². The Morgan fingerprint density at radius 2 is 1.44 bits per heavy atom. The molecule has 0 saturated carbocycles. The van der Waals surface area contributed by atoms with Gasteiger partial charge in [-0.05, 0) is 0 Å². The van der Waals surface area contributed by atoms with Crippen molar-refractivity contribution in [3.05, 3.63) is 75.0 Å². The van der Waals surface area contributed by atoms with Gasteiger partial charge in [-0.15, -0.1) is 0 Å². The molecule has 0 N–H and O–H groups in total. The van der Waals surface area contributed by atoms with Crippen LogP contribution in [0.1, 0.15) is 18.9 Å². The van der Waals surface area contributed by atoms with Crippen molar-refractivity contribution in [2.45, 2.75) is 19.8 Å². The molecule has 0 aliphatic heterocycles. The molecule has 0 atom stereocenters. The Morgan fingerprint density at radius 1 is 0.938 bits per heavy atom. The second kappa shape index (κ2) is 14.6. The second-order valence-electron chi connectivity index (χ2n) is 3.01. The monoisotopic (exact) mass is 292 g/mol. The van der Waals surface area contributed by atoms with E-state index in [0.29, 0.717) is 0 Å². The van der Waals surface area contributed by atoms with Gasteiger partial charge in [0, 0.05) is 0 Å². The minimum absolute atomic E-state index is 0. The van der Waals surface area contributed by atoms with Gasteiger partial charge in [-0.3, -0.25) is 0 Å². The smallest absolute Gasteiger partial charge is 0.358 e. The first kappa shape index (κ1) is 20.9. The first-order valence-electron chi connectivity index (χ1n) is 4.80. The number of hydrogen-bond donors (Lipinski definition) is 0. The molecule has 0 aliphatic rings. The Balaban J connectivity index is -0.000000189. The van der Waals surface area contributed by atoms with Gasteiger partial charge in [0.25, 0.3) is 0 Å². The molecular formula is C15H22Zr. The predicted molar refractivity (Wildman–Crippen MR) is 70.9 cm³/mol. The van der Waals surface area contributed by atoms with Crippen LogP contribution >= 0.6 is 0 Å². The molecule has 2 aromatic rings. The van der Waals surface area contributed by atoms with Crippen LogP contribution in [-0.4, -0.2) is 0 Å². The van der Waals surface area contributed by atoms with Crippen LogP contribution in [0.5, 0.6) is 0 Å². The molecular weight excluding hydrogens is 271 g/mol. The largest absolute Gasteiger partial charge is 4.00 e. The van der Waals surface area contributed by atoms with E-state index < -0.39 is 0 Å². The zero-order valence-electron chi connectivity index (χ0n) is 10.6. The summed E-state index contributed by atoms with van der Waals surface area (Å²) in [6.45, 7) is 2.20. The fraction of sp³-hybridized carbons (Fsp3) is 0.200. The first-order chi connectivity index (χ1) is 6.43. The van der Waals surface area contributed by atoms with Crippen LogP contribution in [0, 0.1) is 14.9 Å². The summed E-state index contributed by atoms with van der Waals surface area (Å²) in [5.74, 6) is 0. The molecule has 0 bridgehead atoms. The molecule has 0 amide bonds. The minimum Gasteiger partial charge on any atom is -0.358 e. The Morgan fingerprint density at radius 3 is 1.75 bits per heavy atom. The van der Waals surface area contributed by atoms with Gasteiger partial charge >= 0.3 is 26.2 Å². The van der Waals surface area contributed by atoms with Crippen LogP contribution < -0.4 is 0 Å². The van der Waals surface area contributed by atoms with Gasteiger partial charge in [-0.2, -0.15) is 35.9 Å². The van der Waals surface area contributed by atoms with Crippen molar-refractivity contribution in [2.75, 3.05) is 0 Å². The zero-order chi connectivity index (χ0) is 9.36. The summed E-state index contributed by atoms with van der Waals surface area (Å²) in [5, 5.41) is 0. The van der Waals surface area contributed by atoms with Crippen molar-refractivity contribution in [3.63, 3.8) is 0 Å². The van der Waals surface area contributed by atoms with E-state index in [4.69, 9.17) is 0 Å². The molecule has 86 valence electrons. The van der Waals surface area contributed by atoms with Crippen LogP contribution in [0.25, 0.3) is 0 Å². The number of rotatable bonds is 2. The van der Waals surface area contributed by atoms with E-state index in [2.05, 4.69) is 31.2 Å². The topological polar surface area (TPSA) is 0 Å². The molecule has 0 aromatic heterocycles. The van der Waals surface area contributed by atoms with Crippen molar-refractivity contribution >= 4 is 0 Å². The molecule has 0 nitrogen and oxygen atoms in total. The van der Waals surface area contributed by atoms with E-state index >= 15 is 0 Å². The normalized spacial score (nSPS) is 7.31. The van der Waals surface area contributed by atoms with Crippen molar-refractivity contribution in [3.8, 4) is 0 Å². The maximum absolute atomic E-state index is 2.20. The molecule has 0 fully saturated rings. The third kappa shape index (κ3) is 10.1. The van der Waals surface area contributed by atoms with Gasteiger partial charge < -0.3 is 14.9 Å². The second-order valence-corrected chi connectivity index (χ2v) is 3.01. The van der Waals surface area contributed by atoms with Crippen LogP contribution in [0.3, 0.4) is 0 Å². The van der Waals surface area contributed by atoms with E-state index in [1.54, 1.807) is 0 Å². The van der Waals surface area contributed by atoms with Gasteiger partial charge in [0.2, 0.25) is 0 Å². The standard InChI is InChI=1S/C8H11.C5H5.2CH3.Zr/c1-2-5-8-6-3-4-7-8;1-2-4-5-3-1;;;/h3-4,6-7H,2,5H2,1H3;1-5H;2*1H3;/q4*-1;+4. The van der Waals surface area contributed by atoms with E-state index in [9.17, 15) is 0 Å². The molecule has 0 aliphatic carbocycles. The SMILES string of the molecule is CCC[c-]1cccc1.[CH3-].[CH3-].[Zr+4].c1cc[cH-]c1. The van der Waals surface area contributed by atoms with Gasteiger partial charge in [-0.25, -0.2) is 24.3 Å². The average molecular weight is 294 g/mol. The van der Waals surface area contributed by atoms with Gasteiger partial charge in [0.15, 0.2) is 0 Å². The van der Waals surface area contributed by atoms with Crippen LogP contribution in [-0.2, 0) is 32.6 Å². The third-order valence-electron chi connectivity index (χ3n) is 1.83. The Labute approximate surface area is 121 Å². The molecule has 2 aromatic carbocycles. The minimum atomic E-state index is 0. The molecule has 0 heterocycles. The molecule has 0 unspecified atom stereocenters. The van der Waals surface area contributed by atoms with Crippen LogP contribution in [0.15, 0.2) is 54.6 Å². The quantitative estimate of drug-likeness (QED) is 0.706. The Bertz CT molecular complexity index is 249. The molecule has 0 saturated heterocycles. The average Bonchev–Trinajstić information content (AvgIpc) is 2.79. The summed E-state index contributed by atoms with van der Waals surface area (Å²) < 4.78 is 0. The van der Waals surface area contributed by atoms with E-state index in [1.807, 2.05) is 30.3 Å². The van der Waals surface area contributed by atoms with Crippen molar-refractivity contribution in [1.29, 1.82) is 0 Å². The van der Waals surface area contributed by atoms with Crippen molar-refractivity contribution in [2.24, 2.45) is 0 Å². The summed E-state index contributed by atoms with van der Waals surface area (Å²) in [7, 11) is 0. The van der Waals surface area contributed by atoms with Gasteiger partial charge in [-0.1, -0.05) is 19.8 Å².